The van der Waals surface area contributed by atoms with E-state index in [1.807, 2.05) is 19.1 Å². The summed E-state index contributed by atoms with van der Waals surface area (Å²) in [7, 11) is 2.10. The number of nitrogens with zero attached hydrogens (tertiary/aromatic N) is 3. The molecule has 0 saturated heterocycles. The zero-order valence-corrected chi connectivity index (χ0v) is 11.5. The molecule has 0 unspecified atom stereocenters. The standard InChI is InChI=1S/C15H21N3/c1-11-4-6-14(7-5-11)18(3)15-9-13(10-16)8-12(2)17-15/h8-9,11,14H,4-7H2,1-3H3. The van der Waals surface area contributed by atoms with Crippen LogP contribution < -0.4 is 4.90 Å². The first-order valence-electron chi connectivity index (χ1n) is 6.71. The zero-order valence-electron chi connectivity index (χ0n) is 11.5. The van der Waals surface area contributed by atoms with Crippen molar-refractivity contribution in [2.75, 3.05) is 11.9 Å². The summed E-state index contributed by atoms with van der Waals surface area (Å²) in [6, 6.07) is 6.51. The molecule has 0 amide bonds. The molecule has 0 aromatic carbocycles. The van der Waals surface area contributed by atoms with E-state index in [0.29, 0.717) is 11.6 Å². The smallest absolute Gasteiger partial charge is 0.130 e. The van der Waals surface area contributed by atoms with Crippen molar-refractivity contribution < 1.29 is 0 Å². The van der Waals surface area contributed by atoms with E-state index in [1.54, 1.807) is 0 Å². The molecule has 1 fully saturated rings. The van der Waals surface area contributed by atoms with Crippen LogP contribution in [0.4, 0.5) is 5.82 Å². The van der Waals surface area contributed by atoms with Crippen LogP contribution in [0.15, 0.2) is 12.1 Å². The van der Waals surface area contributed by atoms with E-state index in [4.69, 9.17) is 5.26 Å². The molecule has 18 heavy (non-hydrogen) atoms. The molecule has 3 heteroatoms. The number of hydrogen-bond acceptors (Lipinski definition) is 3. The van der Waals surface area contributed by atoms with Crippen LogP contribution in [0.3, 0.4) is 0 Å². The second kappa shape index (κ2) is 5.39. The Hall–Kier alpha value is -1.56. The molecule has 0 aliphatic heterocycles. The number of rotatable bonds is 2. The molecular weight excluding hydrogens is 222 g/mol. The van der Waals surface area contributed by atoms with Gasteiger partial charge in [0.25, 0.3) is 0 Å². The predicted octanol–water partition coefficient (Wildman–Crippen LogP) is 3.28. The summed E-state index contributed by atoms with van der Waals surface area (Å²) in [5.74, 6) is 1.79. The number of hydrogen-bond donors (Lipinski definition) is 0. The van der Waals surface area contributed by atoms with E-state index in [-0.39, 0.29) is 0 Å². The van der Waals surface area contributed by atoms with E-state index >= 15 is 0 Å². The number of nitriles is 1. The molecule has 1 aliphatic carbocycles. The van der Waals surface area contributed by atoms with Crippen LogP contribution in [0.5, 0.6) is 0 Å². The molecule has 0 bridgehead atoms. The Bertz CT molecular complexity index is 453. The Labute approximate surface area is 109 Å². The molecule has 3 nitrogen and oxygen atoms in total. The van der Waals surface area contributed by atoms with Crippen LogP contribution >= 0.6 is 0 Å². The van der Waals surface area contributed by atoms with Crippen LogP contribution in [0, 0.1) is 24.2 Å². The van der Waals surface area contributed by atoms with Crippen LogP contribution in [0.2, 0.25) is 0 Å². The zero-order chi connectivity index (χ0) is 13.1. The summed E-state index contributed by atoms with van der Waals surface area (Å²) in [6.45, 7) is 4.27. The lowest BCUT2D eigenvalue weighted by Gasteiger charge is -2.34. The number of aromatic nitrogens is 1. The quantitative estimate of drug-likeness (QED) is 0.800. The van der Waals surface area contributed by atoms with E-state index in [2.05, 4.69) is 29.9 Å². The van der Waals surface area contributed by atoms with Gasteiger partial charge < -0.3 is 4.90 Å². The van der Waals surface area contributed by atoms with E-state index in [9.17, 15) is 0 Å². The van der Waals surface area contributed by atoms with Gasteiger partial charge in [0.1, 0.15) is 5.82 Å². The molecule has 1 saturated carbocycles. The predicted molar refractivity (Wildman–Crippen MR) is 73.5 cm³/mol. The molecule has 0 spiro atoms. The van der Waals surface area contributed by atoms with Gasteiger partial charge in [-0.2, -0.15) is 5.26 Å². The summed E-state index contributed by atoms with van der Waals surface area (Å²) < 4.78 is 0. The monoisotopic (exact) mass is 243 g/mol. The lowest BCUT2D eigenvalue weighted by molar-refractivity contribution is 0.340. The maximum atomic E-state index is 9.02. The Morgan fingerprint density at radius 1 is 1.28 bits per heavy atom. The van der Waals surface area contributed by atoms with Crippen molar-refractivity contribution in [3.05, 3.63) is 23.4 Å². The third kappa shape index (κ3) is 2.81. The van der Waals surface area contributed by atoms with Gasteiger partial charge in [0.15, 0.2) is 0 Å². The minimum Gasteiger partial charge on any atom is -0.357 e. The Balaban J connectivity index is 2.16. The first-order chi connectivity index (χ1) is 8.60. The Kier molecular flexibility index (Phi) is 3.86. The van der Waals surface area contributed by atoms with Gasteiger partial charge in [0.05, 0.1) is 11.6 Å². The molecule has 1 aromatic heterocycles. The van der Waals surface area contributed by atoms with Crippen molar-refractivity contribution in [3.63, 3.8) is 0 Å². The highest BCUT2D eigenvalue weighted by Crippen LogP contribution is 2.28. The second-order valence-electron chi connectivity index (χ2n) is 5.49. The lowest BCUT2D eigenvalue weighted by atomic mass is 9.87. The third-order valence-electron chi connectivity index (χ3n) is 3.96. The van der Waals surface area contributed by atoms with Crippen molar-refractivity contribution in [1.82, 2.24) is 4.98 Å². The molecule has 1 aliphatic rings. The SMILES string of the molecule is Cc1cc(C#N)cc(N(C)C2CCC(C)CC2)n1. The van der Waals surface area contributed by atoms with Crippen molar-refractivity contribution in [2.24, 2.45) is 5.92 Å². The fraction of sp³-hybridized carbons (Fsp3) is 0.600. The summed E-state index contributed by atoms with van der Waals surface area (Å²) in [5, 5.41) is 9.02. The first-order valence-corrected chi connectivity index (χ1v) is 6.71. The molecule has 0 radical (unpaired) electrons. The highest BCUT2D eigenvalue weighted by molar-refractivity contribution is 5.46. The van der Waals surface area contributed by atoms with E-state index in [1.165, 1.54) is 25.7 Å². The van der Waals surface area contributed by atoms with Gasteiger partial charge >= 0.3 is 0 Å². The van der Waals surface area contributed by atoms with Crippen molar-refractivity contribution in [2.45, 2.75) is 45.6 Å². The van der Waals surface area contributed by atoms with Gasteiger partial charge in [-0.3, -0.25) is 0 Å². The summed E-state index contributed by atoms with van der Waals surface area (Å²) in [6.07, 6.45) is 5.06. The maximum absolute atomic E-state index is 9.02. The Morgan fingerprint density at radius 2 is 1.94 bits per heavy atom. The van der Waals surface area contributed by atoms with Crippen molar-refractivity contribution >= 4 is 5.82 Å². The van der Waals surface area contributed by atoms with Gasteiger partial charge in [-0.05, 0) is 50.7 Å². The van der Waals surface area contributed by atoms with Gasteiger partial charge in [0, 0.05) is 18.8 Å². The fourth-order valence-electron chi connectivity index (χ4n) is 2.71. The van der Waals surface area contributed by atoms with Crippen LogP contribution in [0.1, 0.15) is 43.9 Å². The van der Waals surface area contributed by atoms with Crippen LogP contribution in [0.25, 0.3) is 0 Å². The maximum Gasteiger partial charge on any atom is 0.130 e. The highest BCUT2D eigenvalue weighted by Gasteiger charge is 2.22. The fourth-order valence-corrected chi connectivity index (χ4v) is 2.71. The molecule has 96 valence electrons. The lowest BCUT2D eigenvalue weighted by Crippen LogP contribution is -2.35. The molecular formula is C15H21N3. The Morgan fingerprint density at radius 3 is 2.56 bits per heavy atom. The molecule has 1 aromatic rings. The number of anilines is 1. The molecule has 2 rings (SSSR count). The molecule has 1 heterocycles. The average Bonchev–Trinajstić information content (AvgIpc) is 2.38. The van der Waals surface area contributed by atoms with Gasteiger partial charge in [-0.25, -0.2) is 4.98 Å². The first kappa shape index (κ1) is 12.9. The minimum absolute atomic E-state index is 0.571. The number of pyridine rings is 1. The molecule has 0 atom stereocenters. The van der Waals surface area contributed by atoms with Gasteiger partial charge in [-0.1, -0.05) is 6.92 Å². The van der Waals surface area contributed by atoms with Gasteiger partial charge in [-0.15, -0.1) is 0 Å². The van der Waals surface area contributed by atoms with Crippen LogP contribution in [-0.2, 0) is 0 Å². The minimum atomic E-state index is 0.571. The van der Waals surface area contributed by atoms with Crippen molar-refractivity contribution in [1.29, 1.82) is 5.26 Å². The summed E-state index contributed by atoms with van der Waals surface area (Å²) in [4.78, 5) is 6.80. The summed E-state index contributed by atoms with van der Waals surface area (Å²) in [5.41, 5.74) is 1.62. The van der Waals surface area contributed by atoms with Crippen LogP contribution in [-0.4, -0.2) is 18.1 Å². The second-order valence-corrected chi connectivity index (χ2v) is 5.49. The largest absolute Gasteiger partial charge is 0.357 e. The summed E-state index contributed by atoms with van der Waals surface area (Å²) >= 11 is 0. The number of aryl methyl sites for hydroxylation is 1. The molecule has 0 N–H and O–H groups in total. The average molecular weight is 243 g/mol. The van der Waals surface area contributed by atoms with Crippen molar-refractivity contribution in [3.8, 4) is 6.07 Å². The van der Waals surface area contributed by atoms with Gasteiger partial charge in [0.2, 0.25) is 0 Å². The third-order valence-corrected chi connectivity index (χ3v) is 3.96. The van der Waals surface area contributed by atoms with E-state index in [0.717, 1.165) is 17.4 Å². The topological polar surface area (TPSA) is 39.9 Å². The highest BCUT2D eigenvalue weighted by atomic mass is 15.2. The normalized spacial score (nSPS) is 23.4. The van der Waals surface area contributed by atoms with E-state index < -0.39 is 0 Å².